The third kappa shape index (κ3) is 10.6. The number of likely N-dealkylation sites (N-methyl/N-ethyl adjacent to an activating group) is 2. The number of carbonyl (C=O) groups is 3. The predicted molar refractivity (Wildman–Crippen MR) is 204 cm³/mol. The van der Waals surface area contributed by atoms with Gasteiger partial charge in [-0.1, -0.05) is 44.2 Å². The van der Waals surface area contributed by atoms with Gasteiger partial charge in [0.2, 0.25) is 11.9 Å². The lowest BCUT2D eigenvalue weighted by molar-refractivity contribution is -0.130. The lowest BCUT2D eigenvalue weighted by atomic mass is 9.95. The van der Waals surface area contributed by atoms with Crippen molar-refractivity contribution < 1.29 is 19.1 Å². The van der Waals surface area contributed by atoms with Crippen LogP contribution >= 0.6 is 0 Å². The summed E-state index contributed by atoms with van der Waals surface area (Å²) in [4.78, 5) is 53.5. The van der Waals surface area contributed by atoms with Gasteiger partial charge in [-0.25, -0.2) is 9.78 Å². The van der Waals surface area contributed by atoms with E-state index in [4.69, 9.17) is 4.74 Å². The van der Waals surface area contributed by atoms with Crippen LogP contribution in [0.25, 0.3) is 11.1 Å². The van der Waals surface area contributed by atoms with Gasteiger partial charge in [-0.15, -0.1) is 0 Å². The van der Waals surface area contributed by atoms with Gasteiger partial charge in [-0.2, -0.15) is 4.98 Å². The number of nitrogens with one attached hydrogen (secondary N) is 2. The number of ether oxygens (including phenoxy) is 1. The summed E-state index contributed by atoms with van der Waals surface area (Å²) in [6.45, 7) is 16.9. The van der Waals surface area contributed by atoms with Crippen molar-refractivity contribution in [3.8, 4) is 16.9 Å². The fourth-order valence-electron chi connectivity index (χ4n) is 5.75. The van der Waals surface area contributed by atoms with E-state index in [1.807, 2.05) is 76.0 Å². The first-order valence-corrected chi connectivity index (χ1v) is 17.7. The van der Waals surface area contributed by atoms with E-state index in [2.05, 4.69) is 39.3 Å². The molecule has 0 aliphatic carbocycles. The van der Waals surface area contributed by atoms with Crippen molar-refractivity contribution in [1.29, 1.82) is 0 Å². The Balaban J connectivity index is 1.45. The number of aryl methyl sites for hydroxylation is 2. The molecule has 3 amide bonds. The summed E-state index contributed by atoms with van der Waals surface area (Å²) < 4.78 is 5.93. The summed E-state index contributed by atoms with van der Waals surface area (Å²) in [5.41, 5.74) is 6.09. The highest BCUT2D eigenvalue weighted by atomic mass is 16.6. The van der Waals surface area contributed by atoms with Gasteiger partial charge in [0.05, 0.1) is 0 Å². The molecular formula is C40H51N7O4. The third-order valence-electron chi connectivity index (χ3n) is 9.15. The van der Waals surface area contributed by atoms with Crippen molar-refractivity contribution in [2.45, 2.75) is 54.4 Å². The second-order valence-corrected chi connectivity index (χ2v) is 12.4. The zero-order chi connectivity index (χ0) is 36.9. The zero-order valence-electron chi connectivity index (χ0n) is 31.0. The number of benzene rings is 3. The molecule has 4 rings (SSSR count). The molecule has 270 valence electrons. The number of anilines is 3. The molecule has 0 unspecified atom stereocenters. The lowest BCUT2D eigenvalue weighted by Gasteiger charge is -2.23. The molecule has 0 aliphatic rings. The first kappa shape index (κ1) is 38.5. The van der Waals surface area contributed by atoms with Gasteiger partial charge in [0.1, 0.15) is 11.6 Å². The molecular weight excluding hydrogens is 642 g/mol. The van der Waals surface area contributed by atoms with Gasteiger partial charge in [0, 0.05) is 62.7 Å². The molecule has 2 N–H and O–H groups in total. The normalized spacial score (nSPS) is 10.9. The van der Waals surface area contributed by atoms with Gasteiger partial charge >= 0.3 is 6.09 Å². The van der Waals surface area contributed by atoms with Crippen LogP contribution in [-0.4, -0.2) is 88.9 Å². The van der Waals surface area contributed by atoms with Crippen LogP contribution in [0.1, 0.15) is 61.2 Å². The number of carbonyl (C=O) groups excluding carboxylic acids is 3. The van der Waals surface area contributed by atoms with Gasteiger partial charge in [-0.3, -0.25) is 14.9 Å². The molecule has 0 radical (unpaired) electrons. The second-order valence-electron chi connectivity index (χ2n) is 12.4. The molecule has 0 bridgehead atoms. The summed E-state index contributed by atoms with van der Waals surface area (Å²) >= 11 is 0. The minimum absolute atomic E-state index is 0.0472. The first-order chi connectivity index (χ1) is 24.6. The number of hydrogen-bond acceptors (Lipinski definition) is 8. The molecule has 0 aliphatic heterocycles. The van der Waals surface area contributed by atoms with E-state index >= 15 is 0 Å². The van der Waals surface area contributed by atoms with Crippen LogP contribution in [0.5, 0.6) is 5.75 Å². The maximum absolute atomic E-state index is 13.3. The molecule has 0 saturated heterocycles. The van der Waals surface area contributed by atoms with Crippen molar-refractivity contribution in [1.82, 2.24) is 24.7 Å². The van der Waals surface area contributed by atoms with Gasteiger partial charge in [0.25, 0.3) is 5.91 Å². The molecule has 1 aromatic heterocycles. The maximum atomic E-state index is 13.3. The molecule has 11 heteroatoms. The lowest BCUT2D eigenvalue weighted by Crippen LogP contribution is -2.36. The Morgan fingerprint density at radius 3 is 2.24 bits per heavy atom. The van der Waals surface area contributed by atoms with Crippen LogP contribution in [0, 0.1) is 13.8 Å². The molecule has 3 aromatic carbocycles. The summed E-state index contributed by atoms with van der Waals surface area (Å²) in [5, 5.41) is 5.85. The van der Waals surface area contributed by atoms with Crippen molar-refractivity contribution in [2.75, 3.05) is 56.9 Å². The fourth-order valence-corrected chi connectivity index (χ4v) is 5.75. The van der Waals surface area contributed by atoms with Crippen molar-refractivity contribution in [3.63, 3.8) is 0 Å². The topological polar surface area (TPSA) is 120 Å². The Morgan fingerprint density at radius 2 is 1.55 bits per heavy atom. The number of rotatable bonds is 16. The van der Waals surface area contributed by atoms with E-state index in [0.29, 0.717) is 49.5 Å². The molecule has 51 heavy (non-hydrogen) atoms. The van der Waals surface area contributed by atoms with Crippen molar-refractivity contribution >= 4 is 35.4 Å². The number of hydrogen-bond donors (Lipinski definition) is 2. The van der Waals surface area contributed by atoms with Crippen LogP contribution in [0.4, 0.5) is 22.2 Å². The van der Waals surface area contributed by atoms with Crippen molar-refractivity contribution in [3.05, 3.63) is 95.2 Å². The Hall–Kier alpha value is -5.29. The molecule has 0 saturated carbocycles. The van der Waals surface area contributed by atoms with Crippen LogP contribution < -0.4 is 15.4 Å². The molecule has 0 fully saturated rings. The molecule has 11 nitrogen and oxygen atoms in total. The predicted octanol–water partition coefficient (Wildman–Crippen LogP) is 7.33. The minimum Gasteiger partial charge on any atom is -0.409 e. The van der Waals surface area contributed by atoms with E-state index < -0.39 is 6.09 Å². The summed E-state index contributed by atoms with van der Waals surface area (Å²) in [6, 6.07) is 20.5. The summed E-state index contributed by atoms with van der Waals surface area (Å²) in [5.74, 6) is 0.932. The van der Waals surface area contributed by atoms with E-state index in [1.54, 1.807) is 35.2 Å². The number of amides is 3. The highest BCUT2D eigenvalue weighted by Gasteiger charge is 2.17. The largest absolute Gasteiger partial charge is 0.418 e. The Kier molecular flexibility index (Phi) is 14.1. The van der Waals surface area contributed by atoms with Crippen molar-refractivity contribution in [2.24, 2.45) is 0 Å². The summed E-state index contributed by atoms with van der Waals surface area (Å²) in [6.07, 6.45) is 1.70. The smallest absolute Gasteiger partial charge is 0.409 e. The molecule has 0 spiro atoms. The third-order valence-corrected chi connectivity index (χ3v) is 9.15. The average molecular weight is 694 g/mol. The monoisotopic (exact) mass is 693 g/mol. The van der Waals surface area contributed by atoms with E-state index in [9.17, 15) is 14.4 Å². The SMILES string of the molecule is CCN(CC)CCN(C)C(=O)c1ccc(Nc2nccc(NC(=O)Oc3cc(CCC(=O)N(CC)CC)ccc3-c3cccc(C)c3C)n2)cc1. The fraction of sp³-hybridized carbons (Fsp3) is 0.375. The summed E-state index contributed by atoms with van der Waals surface area (Å²) in [7, 11) is 1.81. The standard InChI is InChI=1S/C40H51N7O4/c1-8-46(9-2)26-25-45(7)38(49)31-17-19-32(20-18-31)42-39-41-24-23-36(43-39)44-40(50)51-35-27-30(16-22-37(48)47(10-3)11-4)15-21-34(35)33-14-12-13-28(5)29(33)6/h12-15,17-21,23-24,27H,8-11,16,22,25-26H2,1-7H3,(H2,41,42,43,44,50). The Morgan fingerprint density at radius 1 is 0.824 bits per heavy atom. The highest BCUT2D eigenvalue weighted by molar-refractivity contribution is 5.94. The van der Waals surface area contributed by atoms with Crippen LogP contribution in [0.15, 0.2) is 72.9 Å². The Labute approximate surface area is 302 Å². The number of nitrogens with zero attached hydrogens (tertiary/aromatic N) is 5. The molecule has 1 heterocycles. The molecule has 0 atom stereocenters. The second kappa shape index (κ2) is 18.6. The first-order valence-electron chi connectivity index (χ1n) is 17.7. The van der Waals surface area contributed by atoms with Crippen LogP contribution in [0.2, 0.25) is 0 Å². The minimum atomic E-state index is -0.712. The maximum Gasteiger partial charge on any atom is 0.418 e. The van der Waals surface area contributed by atoms with Gasteiger partial charge < -0.3 is 24.8 Å². The average Bonchev–Trinajstić information content (AvgIpc) is 3.13. The number of aromatic nitrogens is 2. The van der Waals surface area contributed by atoms with Crippen LogP contribution in [0.3, 0.4) is 0 Å². The highest BCUT2D eigenvalue weighted by Crippen LogP contribution is 2.35. The van der Waals surface area contributed by atoms with Gasteiger partial charge in [-0.05, 0) is 106 Å². The van der Waals surface area contributed by atoms with E-state index in [1.165, 1.54) is 6.20 Å². The van der Waals surface area contributed by atoms with E-state index in [0.717, 1.165) is 47.5 Å². The quantitative estimate of drug-likeness (QED) is 0.125. The Bertz CT molecular complexity index is 1790. The van der Waals surface area contributed by atoms with E-state index in [-0.39, 0.29) is 23.6 Å². The van der Waals surface area contributed by atoms with Crippen LogP contribution in [-0.2, 0) is 11.2 Å². The zero-order valence-corrected chi connectivity index (χ0v) is 31.0. The molecule has 4 aromatic rings. The van der Waals surface area contributed by atoms with Gasteiger partial charge in [0.15, 0.2) is 0 Å².